The molecule has 0 aliphatic rings. The maximum Gasteiger partial charge on any atom is 0.215 e. The fraction of sp³-hybridized carbons (Fsp3) is 0. The summed E-state index contributed by atoms with van der Waals surface area (Å²) in [7, 11) is 0. The summed E-state index contributed by atoms with van der Waals surface area (Å²) in [5, 5.41) is 22.4. The van der Waals surface area contributed by atoms with Crippen LogP contribution in [0.15, 0.2) is 40.9 Å². The molecule has 0 unspecified atom stereocenters. The van der Waals surface area contributed by atoms with E-state index in [1.54, 1.807) is 6.07 Å². The molecule has 78 valence electrons. The Bertz CT molecular complexity index is 554. The predicted octanol–water partition coefficient (Wildman–Crippen LogP) is 2.51. The van der Waals surface area contributed by atoms with Gasteiger partial charge in [0.25, 0.3) is 0 Å². The van der Waals surface area contributed by atoms with Gasteiger partial charge in [-0.15, -0.1) is 11.3 Å². The fourth-order valence-electron chi connectivity index (χ4n) is 1.24. The molecule has 1 N–H and O–H groups in total. The Kier molecular flexibility index (Phi) is 2.94. The van der Waals surface area contributed by atoms with E-state index in [4.69, 9.17) is 10.5 Å². The van der Waals surface area contributed by atoms with E-state index in [1.807, 2.05) is 35.7 Å². The van der Waals surface area contributed by atoms with Gasteiger partial charge < -0.3 is 5.21 Å². The lowest BCUT2D eigenvalue weighted by Crippen LogP contribution is -1.95. The Morgan fingerprint density at radius 3 is 2.75 bits per heavy atom. The lowest BCUT2D eigenvalue weighted by atomic mass is 10.2. The molecule has 16 heavy (non-hydrogen) atoms. The third-order valence-electron chi connectivity index (χ3n) is 1.98. The first kappa shape index (κ1) is 10.3. The molecule has 2 rings (SSSR count). The minimum Gasteiger partial charge on any atom is -0.410 e. The molecule has 1 aromatic heterocycles. The largest absolute Gasteiger partial charge is 0.410 e. The Morgan fingerprint density at radius 1 is 1.38 bits per heavy atom. The maximum absolute atomic E-state index is 8.69. The molecule has 0 saturated heterocycles. The summed E-state index contributed by atoms with van der Waals surface area (Å²) in [6.45, 7) is 0. The molecule has 0 saturated carbocycles. The molecule has 0 atom stereocenters. The van der Waals surface area contributed by atoms with Crippen molar-refractivity contribution in [1.29, 1.82) is 5.26 Å². The van der Waals surface area contributed by atoms with Crippen LogP contribution in [0, 0.1) is 11.3 Å². The van der Waals surface area contributed by atoms with Gasteiger partial charge >= 0.3 is 0 Å². The van der Waals surface area contributed by atoms with Gasteiger partial charge in [0.2, 0.25) is 5.71 Å². The normalized spacial score (nSPS) is 11.1. The van der Waals surface area contributed by atoms with E-state index in [0.717, 1.165) is 11.3 Å². The van der Waals surface area contributed by atoms with Crippen LogP contribution in [0.5, 0.6) is 0 Å². The van der Waals surface area contributed by atoms with Crippen LogP contribution < -0.4 is 0 Å². The Hall–Kier alpha value is -2.19. The summed E-state index contributed by atoms with van der Waals surface area (Å²) in [5.74, 6) is 0. The summed E-state index contributed by atoms with van der Waals surface area (Å²) in [4.78, 5) is 4.23. The van der Waals surface area contributed by atoms with E-state index in [-0.39, 0.29) is 5.71 Å². The monoisotopic (exact) mass is 229 g/mol. The highest BCUT2D eigenvalue weighted by Gasteiger charge is 2.09. The topological polar surface area (TPSA) is 69.3 Å². The zero-order chi connectivity index (χ0) is 11.4. The molecule has 0 fully saturated rings. The molecule has 2 aromatic rings. The molecule has 0 radical (unpaired) electrons. The first-order chi connectivity index (χ1) is 7.85. The van der Waals surface area contributed by atoms with Crippen molar-refractivity contribution in [2.45, 2.75) is 0 Å². The number of oxime groups is 1. The average molecular weight is 229 g/mol. The highest BCUT2D eigenvalue weighted by Crippen LogP contribution is 2.21. The minimum atomic E-state index is -0.0628. The molecule has 1 aromatic carbocycles. The number of hydrogen-bond acceptors (Lipinski definition) is 5. The lowest BCUT2D eigenvalue weighted by Gasteiger charge is -1.93. The van der Waals surface area contributed by atoms with Crippen LogP contribution in [0.3, 0.4) is 0 Å². The van der Waals surface area contributed by atoms with E-state index in [2.05, 4.69) is 10.1 Å². The molecule has 1 heterocycles. The van der Waals surface area contributed by atoms with Gasteiger partial charge in [-0.3, -0.25) is 0 Å². The summed E-state index contributed by atoms with van der Waals surface area (Å²) >= 11 is 1.28. The molecule has 0 aliphatic heterocycles. The summed E-state index contributed by atoms with van der Waals surface area (Å²) in [6, 6.07) is 11.4. The molecular formula is C11H7N3OS. The van der Waals surface area contributed by atoms with Crippen LogP contribution in [0.4, 0.5) is 0 Å². The van der Waals surface area contributed by atoms with Crippen molar-refractivity contribution in [3.8, 4) is 17.3 Å². The smallest absolute Gasteiger partial charge is 0.215 e. The van der Waals surface area contributed by atoms with Crippen LogP contribution in [0.25, 0.3) is 11.3 Å². The molecule has 0 aliphatic carbocycles. The first-order valence-corrected chi connectivity index (χ1v) is 5.36. The van der Waals surface area contributed by atoms with Gasteiger partial charge in [-0.2, -0.15) is 5.26 Å². The van der Waals surface area contributed by atoms with Crippen LogP contribution in [0.1, 0.15) is 5.01 Å². The Morgan fingerprint density at radius 2 is 2.12 bits per heavy atom. The van der Waals surface area contributed by atoms with E-state index in [0.29, 0.717) is 5.01 Å². The highest BCUT2D eigenvalue weighted by molar-refractivity contribution is 7.12. The standard InChI is InChI=1S/C11H7N3OS/c12-6-9(14-15)11-13-10(7-16-11)8-4-2-1-3-5-8/h1-5,7,15H/b14-9+. The van der Waals surface area contributed by atoms with Gasteiger partial charge in [0.05, 0.1) is 5.69 Å². The zero-order valence-electron chi connectivity index (χ0n) is 8.16. The van der Waals surface area contributed by atoms with E-state index in [1.165, 1.54) is 11.3 Å². The van der Waals surface area contributed by atoms with Gasteiger partial charge in [-0.25, -0.2) is 4.98 Å². The summed E-state index contributed by atoms with van der Waals surface area (Å²) < 4.78 is 0. The Labute approximate surface area is 96.1 Å². The number of aromatic nitrogens is 1. The third kappa shape index (κ3) is 1.92. The number of nitrogens with zero attached hydrogens (tertiary/aromatic N) is 3. The van der Waals surface area contributed by atoms with Crippen molar-refractivity contribution in [1.82, 2.24) is 4.98 Å². The number of nitriles is 1. The van der Waals surface area contributed by atoms with Crippen LogP contribution >= 0.6 is 11.3 Å². The maximum atomic E-state index is 8.69. The van der Waals surface area contributed by atoms with E-state index in [9.17, 15) is 0 Å². The van der Waals surface area contributed by atoms with Crippen molar-refractivity contribution < 1.29 is 5.21 Å². The number of rotatable bonds is 2. The second kappa shape index (κ2) is 4.55. The van der Waals surface area contributed by atoms with Crippen molar-refractivity contribution in [3.63, 3.8) is 0 Å². The molecule has 4 nitrogen and oxygen atoms in total. The number of hydrogen-bond donors (Lipinski definition) is 1. The second-order valence-electron chi connectivity index (χ2n) is 2.96. The SMILES string of the molecule is N#C/C(=N\O)c1nc(-c2ccccc2)cs1. The van der Waals surface area contributed by atoms with Gasteiger partial charge in [0, 0.05) is 10.9 Å². The zero-order valence-corrected chi connectivity index (χ0v) is 8.98. The molecular weight excluding hydrogens is 222 g/mol. The van der Waals surface area contributed by atoms with Gasteiger partial charge in [0.1, 0.15) is 6.07 Å². The van der Waals surface area contributed by atoms with Crippen molar-refractivity contribution >= 4 is 17.0 Å². The van der Waals surface area contributed by atoms with Gasteiger partial charge in [0.15, 0.2) is 5.01 Å². The van der Waals surface area contributed by atoms with Crippen LogP contribution in [-0.4, -0.2) is 15.9 Å². The molecule has 0 amide bonds. The summed E-state index contributed by atoms with van der Waals surface area (Å²) in [5.41, 5.74) is 1.68. The second-order valence-corrected chi connectivity index (χ2v) is 3.82. The van der Waals surface area contributed by atoms with Crippen molar-refractivity contribution in [2.24, 2.45) is 5.16 Å². The van der Waals surface area contributed by atoms with Gasteiger partial charge in [-0.1, -0.05) is 35.5 Å². The number of benzene rings is 1. The quantitative estimate of drug-likeness (QED) is 0.488. The highest BCUT2D eigenvalue weighted by atomic mass is 32.1. The first-order valence-electron chi connectivity index (χ1n) is 4.48. The minimum absolute atomic E-state index is 0.0628. The van der Waals surface area contributed by atoms with E-state index >= 15 is 0 Å². The fourth-order valence-corrected chi connectivity index (χ4v) is 2.00. The average Bonchev–Trinajstić information content (AvgIpc) is 2.81. The van der Waals surface area contributed by atoms with E-state index < -0.39 is 0 Å². The lowest BCUT2D eigenvalue weighted by molar-refractivity contribution is 0.320. The Balaban J connectivity index is 2.38. The summed E-state index contributed by atoms with van der Waals surface area (Å²) in [6.07, 6.45) is 0. The van der Waals surface area contributed by atoms with Crippen molar-refractivity contribution in [3.05, 3.63) is 40.7 Å². The number of thiazole rings is 1. The predicted molar refractivity (Wildman–Crippen MR) is 61.5 cm³/mol. The molecule has 0 bridgehead atoms. The van der Waals surface area contributed by atoms with Gasteiger partial charge in [-0.05, 0) is 0 Å². The molecule has 0 spiro atoms. The van der Waals surface area contributed by atoms with Crippen LogP contribution in [-0.2, 0) is 0 Å². The third-order valence-corrected chi connectivity index (χ3v) is 2.83. The van der Waals surface area contributed by atoms with Crippen molar-refractivity contribution in [2.75, 3.05) is 0 Å². The van der Waals surface area contributed by atoms with Crippen LogP contribution in [0.2, 0.25) is 0 Å². The molecule has 5 heteroatoms.